The first-order valence-corrected chi connectivity index (χ1v) is 4.73. The zero-order chi connectivity index (χ0) is 9.42. The van der Waals surface area contributed by atoms with Crippen LogP contribution in [0.4, 0.5) is 0 Å². The van der Waals surface area contributed by atoms with E-state index >= 15 is 0 Å². The molecule has 2 nitrogen and oxygen atoms in total. The van der Waals surface area contributed by atoms with Crippen LogP contribution >= 0.6 is 11.6 Å². The van der Waals surface area contributed by atoms with Crippen LogP contribution in [-0.2, 0) is 6.54 Å². The van der Waals surface area contributed by atoms with Crippen LogP contribution in [0.15, 0.2) is 18.2 Å². The molecular weight excluding hydrogens is 184 g/mol. The molecule has 0 aliphatic heterocycles. The van der Waals surface area contributed by atoms with Gasteiger partial charge in [0.15, 0.2) is 0 Å². The fourth-order valence-corrected chi connectivity index (χ4v) is 1.71. The number of hydrogen-bond acceptors (Lipinski definition) is 1. The Kier molecular flexibility index (Phi) is 2.00. The van der Waals surface area contributed by atoms with E-state index in [0.29, 0.717) is 0 Å². The Morgan fingerprint density at radius 1 is 1.46 bits per heavy atom. The summed E-state index contributed by atoms with van der Waals surface area (Å²) >= 11 is 5.87. The molecule has 68 valence electrons. The number of hydrogen-bond donors (Lipinski definition) is 0. The highest BCUT2D eigenvalue weighted by Crippen LogP contribution is 2.21. The van der Waals surface area contributed by atoms with Crippen LogP contribution in [0, 0.1) is 6.92 Å². The van der Waals surface area contributed by atoms with Crippen molar-refractivity contribution in [1.29, 1.82) is 0 Å². The Labute approximate surface area is 82.1 Å². The fourth-order valence-electron chi connectivity index (χ4n) is 1.55. The maximum Gasteiger partial charge on any atom is 0.0940 e. The molecular formula is C10H11ClN2. The van der Waals surface area contributed by atoms with Gasteiger partial charge in [0.05, 0.1) is 5.52 Å². The summed E-state index contributed by atoms with van der Waals surface area (Å²) in [4.78, 5) is 0. The molecule has 0 spiro atoms. The van der Waals surface area contributed by atoms with Crippen LogP contribution in [0.25, 0.3) is 10.9 Å². The van der Waals surface area contributed by atoms with Crippen molar-refractivity contribution in [2.45, 2.75) is 20.4 Å². The van der Waals surface area contributed by atoms with E-state index in [1.807, 2.05) is 22.9 Å². The Morgan fingerprint density at radius 2 is 2.23 bits per heavy atom. The molecule has 0 atom stereocenters. The summed E-state index contributed by atoms with van der Waals surface area (Å²) < 4.78 is 1.99. The molecule has 0 aliphatic carbocycles. The van der Waals surface area contributed by atoms with Gasteiger partial charge in [-0.25, -0.2) is 0 Å². The number of aryl methyl sites for hydroxylation is 2. The molecule has 3 heteroatoms. The maximum atomic E-state index is 5.87. The molecule has 2 aromatic rings. The minimum atomic E-state index is 0.744. The Bertz CT molecular complexity index is 445. The van der Waals surface area contributed by atoms with Crippen molar-refractivity contribution in [3.63, 3.8) is 0 Å². The quantitative estimate of drug-likeness (QED) is 0.683. The third-order valence-corrected chi connectivity index (χ3v) is 2.50. The van der Waals surface area contributed by atoms with Gasteiger partial charge in [0, 0.05) is 22.6 Å². The van der Waals surface area contributed by atoms with E-state index in [1.54, 1.807) is 0 Å². The van der Waals surface area contributed by atoms with Crippen molar-refractivity contribution in [3.8, 4) is 0 Å². The molecule has 0 bridgehead atoms. The summed E-state index contributed by atoms with van der Waals surface area (Å²) in [5.41, 5.74) is 2.18. The molecule has 1 aromatic heterocycles. The molecule has 0 N–H and O–H groups in total. The van der Waals surface area contributed by atoms with E-state index in [0.717, 1.165) is 17.1 Å². The Hall–Kier alpha value is -1.02. The zero-order valence-corrected chi connectivity index (χ0v) is 8.47. The van der Waals surface area contributed by atoms with Crippen molar-refractivity contribution in [2.24, 2.45) is 0 Å². The first-order chi connectivity index (χ1) is 6.22. The molecule has 0 fully saturated rings. The van der Waals surface area contributed by atoms with Gasteiger partial charge in [-0.05, 0) is 32.0 Å². The highest BCUT2D eigenvalue weighted by atomic mass is 35.5. The summed E-state index contributed by atoms with van der Waals surface area (Å²) in [7, 11) is 0. The lowest BCUT2D eigenvalue weighted by molar-refractivity contribution is 0.647. The van der Waals surface area contributed by atoms with Crippen LogP contribution in [0.5, 0.6) is 0 Å². The minimum Gasteiger partial charge on any atom is -0.269 e. The second-order valence-electron chi connectivity index (χ2n) is 3.06. The van der Waals surface area contributed by atoms with E-state index < -0.39 is 0 Å². The van der Waals surface area contributed by atoms with Crippen LogP contribution in [0.1, 0.15) is 12.6 Å². The van der Waals surface area contributed by atoms with Crippen LogP contribution in [0.2, 0.25) is 5.02 Å². The van der Waals surface area contributed by atoms with Gasteiger partial charge in [-0.15, -0.1) is 0 Å². The normalized spacial score (nSPS) is 11.0. The zero-order valence-electron chi connectivity index (χ0n) is 7.71. The van der Waals surface area contributed by atoms with Crippen molar-refractivity contribution in [1.82, 2.24) is 9.78 Å². The molecule has 1 aromatic carbocycles. The number of aromatic nitrogens is 2. The third kappa shape index (κ3) is 1.31. The average Bonchev–Trinajstić information content (AvgIpc) is 2.42. The van der Waals surface area contributed by atoms with E-state index in [1.165, 1.54) is 11.1 Å². The first kappa shape index (κ1) is 8.57. The van der Waals surface area contributed by atoms with Gasteiger partial charge in [-0.2, -0.15) is 5.10 Å². The summed E-state index contributed by atoms with van der Waals surface area (Å²) in [6, 6.07) is 5.82. The topological polar surface area (TPSA) is 17.8 Å². The molecule has 1 heterocycles. The number of rotatable bonds is 1. The number of nitrogens with zero attached hydrogens (tertiary/aromatic N) is 2. The highest BCUT2D eigenvalue weighted by Gasteiger charge is 2.05. The molecule has 0 unspecified atom stereocenters. The third-order valence-electron chi connectivity index (χ3n) is 2.26. The van der Waals surface area contributed by atoms with Crippen molar-refractivity contribution >= 4 is 22.5 Å². The predicted molar refractivity (Wildman–Crippen MR) is 55.2 cm³/mol. The summed E-state index contributed by atoms with van der Waals surface area (Å²) in [5, 5.41) is 6.35. The lowest BCUT2D eigenvalue weighted by atomic mass is 10.2. The van der Waals surface area contributed by atoms with Crippen molar-refractivity contribution in [2.75, 3.05) is 0 Å². The van der Waals surface area contributed by atoms with E-state index in [-0.39, 0.29) is 0 Å². The van der Waals surface area contributed by atoms with Gasteiger partial charge in [0.1, 0.15) is 0 Å². The second-order valence-corrected chi connectivity index (χ2v) is 3.50. The van der Waals surface area contributed by atoms with Gasteiger partial charge in [-0.3, -0.25) is 4.68 Å². The lowest BCUT2D eigenvalue weighted by Crippen LogP contribution is -1.97. The molecule has 0 saturated carbocycles. The Morgan fingerprint density at radius 3 is 2.92 bits per heavy atom. The fraction of sp³-hybridized carbons (Fsp3) is 0.300. The van der Waals surface area contributed by atoms with Gasteiger partial charge in [0.2, 0.25) is 0 Å². The summed E-state index contributed by atoms with van der Waals surface area (Å²) in [5.74, 6) is 0. The second kappa shape index (κ2) is 3.04. The lowest BCUT2D eigenvalue weighted by Gasteiger charge is -1.96. The summed E-state index contributed by atoms with van der Waals surface area (Å²) in [6.45, 7) is 5.06. The smallest absolute Gasteiger partial charge is 0.0940 e. The molecule has 0 amide bonds. The minimum absolute atomic E-state index is 0.744. The summed E-state index contributed by atoms with van der Waals surface area (Å²) in [6.07, 6.45) is 0. The van der Waals surface area contributed by atoms with E-state index in [9.17, 15) is 0 Å². The van der Waals surface area contributed by atoms with Crippen molar-refractivity contribution in [3.05, 3.63) is 28.9 Å². The van der Waals surface area contributed by atoms with Gasteiger partial charge in [-0.1, -0.05) is 11.6 Å². The monoisotopic (exact) mass is 194 g/mol. The maximum absolute atomic E-state index is 5.87. The van der Waals surface area contributed by atoms with Crippen LogP contribution < -0.4 is 0 Å². The predicted octanol–water partition coefficient (Wildman–Crippen LogP) is 3.02. The van der Waals surface area contributed by atoms with Crippen molar-refractivity contribution < 1.29 is 0 Å². The molecule has 2 rings (SSSR count). The standard InChI is InChI=1S/C10H11ClN2/c1-3-13-7(2)9-5-4-8(11)6-10(9)12-13/h4-6H,3H2,1-2H3. The molecule has 13 heavy (non-hydrogen) atoms. The van der Waals surface area contributed by atoms with Gasteiger partial charge < -0.3 is 0 Å². The number of fused-ring (bicyclic) bond motifs is 1. The molecule has 0 aliphatic rings. The SMILES string of the molecule is CCn1nc2cc(Cl)ccc2c1C. The first-order valence-electron chi connectivity index (χ1n) is 4.35. The number of benzene rings is 1. The van der Waals surface area contributed by atoms with Crippen LogP contribution in [-0.4, -0.2) is 9.78 Å². The average molecular weight is 195 g/mol. The van der Waals surface area contributed by atoms with E-state index in [4.69, 9.17) is 11.6 Å². The largest absolute Gasteiger partial charge is 0.269 e. The molecule has 0 radical (unpaired) electrons. The Balaban J connectivity index is 2.76. The number of halogens is 1. The van der Waals surface area contributed by atoms with Crippen LogP contribution in [0.3, 0.4) is 0 Å². The van der Waals surface area contributed by atoms with E-state index in [2.05, 4.69) is 18.9 Å². The van der Waals surface area contributed by atoms with Gasteiger partial charge >= 0.3 is 0 Å². The van der Waals surface area contributed by atoms with Gasteiger partial charge in [0.25, 0.3) is 0 Å². The molecule has 0 saturated heterocycles. The highest BCUT2D eigenvalue weighted by molar-refractivity contribution is 6.31.